The maximum Gasteiger partial charge on any atom is 0.343 e. The van der Waals surface area contributed by atoms with Crippen LogP contribution in [0.5, 0.6) is 23.0 Å². The van der Waals surface area contributed by atoms with Crippen molar-refractivity contribution in [3.05, 3.63) is 216 Å². The van der Waals surface area contributed by atoms with Gasteiger partial charge in [-0.25, -0.2) is 9.59 Å². The highest BCUT2D eigenvalue weighted by molar-refractivity contribution is 6.12. The summed E-state index contributed by atoms with van der Waals surface area (Å²) in [6.07, 6.45) is 10.4. The highest BCUT2D eigenvalue weighted by Crippen LogP contribution is 2.46. The number of hydrogen-bond acceptors (Lipinski definition) is 8. The summed E-state index contributed by atoms with van der Waals surface area (Å²) in [5.41, 5.74) is 6.24. The monoisotopic (exact) mass is 896 g/mol. The molecular formula is C58H44N2O8. The number of esters is 2. The molecule has 0 heterocycles. The molecule has 8 rings (SSSR count). The third kappa shape index (κ3) is 10.6. The topological polar surface area (TPSA) is 129 Å². The third-order valence-electron chi connectivity index (χ3n) is 11.0. The summed E-state index contributed by atoms with van der Waals surface area (Å²) in [7, 11) is 3.26. The van der Waals surface area contributed by atoms with Crippen molar-refractivity contribution in [1.29, 1.82) is 0 Å². The number of anilines is 2. The Labute approximate surface area is 393 Å². The summed E-state index contributed by atoms with van der Waals surface area (Å²) in [4.78, 5) is 52.0. The van der Waals surface area contributed by atoms with Crippen molar-refractivity contribution in [2.24, 2.45) is 0 Å². The second-order valence-electron chi connectivity index (χ2n) is 15.4. The Morgan fingerprint density at radius 3 is 1.13 bits per heavy atom. The Kier molecular flexibility index (Phi) is 13.8. The average Bonchev–Trinajstić information content (AvgIpc) is 3.38. The summed E-state index contributed by atoms with van der Waals surface area (Å²) < 4.78 is 23.2. The Morgan fingerprint density at radius 1 is 0.426 bits per heavy atom. The van der Waals surface area contributed by atoms with E-state index in [1.807, 2.05) is 121 Å². The molecule has 334 valence electrons. The predicted octanol–water partition coefficient (Wildman–Crippen LogP) is 12.7. The lowest BCUT2D eigenvalue weighted by molar-refractivity contribution is -0.112. The summed E-state index contributed by atoms with van der Waals surface area (Å²) in [6, 6.07) is 47.3. The van der Waals surface area contributed by atoms with Gasteiger partial charge < -0.3 is 29.6 Å². The van der Waals surface area contributed by atoms with E-state index in [4.69, 9.17) is 18.9 Å². The van der Waals surface area contributed by atoms with E-state index in [2.05, 4.69) is 23.8 Å². The van der Waals surface area contributed by atoms with E-state index in [0.29, 0.717) is 22.5 Å². The van der Waals surface area contributed by atoms with Gasteiger partial charge in [-0.15, -0.1) is 0 Å². The maximum absolute atomic E-state index is 14.1. The molecule has 0 bridgehead atoms. The molecule has 10 heteroatoms. The number of rotatable bonds is 15. The Balaban J connectivity index is 1.26. The number of nitrogens with one attached hydrogen (secondary N) is 2. The molecule has 0 fully saturated rings. The van der Waals surface area contributed by atoms with Gasteiger partial charge in [0.1, 0.15) is 23.0 Å². The maximum atomic E-state index is 14.1. The van der Waals surface area contributed by atoms with Gasteiger partial charge in [-0.2, -0.15) is 0 Å². The second kappa shape index (κ2) is 20.7. The van der Waals surface area contributed by atoms with Crippen LogP contribution in [-0.2, 0) is 9.59 Å². The molecule has 10 nitrogen and oxygen atoms in total. The summed E-state index contributed by atoms with van der Waals surface area (Å²) in [5, 5.41) is 8.45. The van der Waals surface area contributed by atoms with Gasteiger partial charge in [-0.05, 0) is 153 Å². The standard InChI is InChI=1S/C58H44N2O8/c1-5-53(61)59-45-23-17-41(18-24-45)57(63)67-51-33-21-43-35-39(9-7-37-11-27-47(65-3)28-12-37)15-31-49(43)55(51)56-50-32-16-40(10-8-38-13-29-48(66-4)30-14-38)36-44(50)22-34-52(56)68-58(64)42-19-25-46(26-20-42)60-54(62)6-2/h5-36H,1-2H2,3-4H3,(H,59,61)(H,60,62)/b9-7-,10-8-. The van der Waals surface area contributed by atoms with Crippen LogP contribution in [0.15, 0.2) is 183 Å². The van der Waals surface area contributed by atoms with Gasteiger partial charge >= 0.3 is 11.9 Å². The number of amides is 2. The van der Waals surface area contributed by atoms with Crippen molar-refractivity contribution in [3.63, 3.8) is 0 Å². The molecule has 0 atom stereocenters. The van der Waals surface area contributed by atoms with Crippen molar-refractivity contribution >= 4 is 81.0 Å². The van der Waals surface area contributed by atoms with Gasteiger partial charge in [0.15, 0.2) is 0 Å². The first-order chi connectivity index (χ1) is 33.1. The van der Waals surface area contributed by atoms with E-state index in [-0.39, 0.29) is 34.4 Å². The second-order valence-corrected chi connectivity index (χ2v) is 15.4. The van der Waals surface area contributed by atoms with Crippen molar-refractivity contribution in [3.8, 4) is 34.1 Å². The minimum atomic E-state index is -0.653. The lowest BCUT2D eigenvalue weighted by atomic mass is 9.91. The molecule has 0 spiro atoms. The van der Waals surface area contributed by atoms with Gasteiger partial charge in [0.2, 0.25) is 11.8 Å². The summed E-state index contributed by atoms with van der Waals surface area (Å²) >= 11 is 0. The van der Waals surface area contributed by atoms with Gasteiger partial charge in [-0.3, -0.25) is 9.59 Å². The zero-order chi connectivity index (χ0) is 47.6. The minimum absolute atomic E-state index is 0.212. The van der Waals surface area contributed by atoms with Crippen LogP contribution >= 0.6 is 0 Å². The molecule has 0 aliphatic heterocycles. The number of methoxy groups -OCH3 is 2. The molecule has 0 saturated carbocycles. The van der Waals surface area contributed by atoms with Crippen molar-refractivity contribution in [2.75, 3.05) is 24.9 Å². The van der Waals surface area contributed by atoms with Gasteiger partial charge in [0.25, 0.3) is 0 Å². The number of hydrogen-bond donors (Lipinski definition) is 2. The zero-order valence-corrected chi connectivity index (χ0v) is 37.2. The quantitative estimate of drug-likeness (QED) is 0.0450. The molecule has 68 heavy (non-hydrogen) atoms. The van der Waals surface area contributed by atoms with Gasteiger partial charge in [-0.1, -0.05) is 98.1 Å². The largest absolute Gasteiger partial charge is 0.497 e. The van der Waals surface area contributed by atoms with Crippen LogP contribution in [0.4, 0.5) is 11.4 Å². The highest BCUT2D eigenvalue weighted by atomic mass is 16.5. The number of carbonyl (C=O) groups excluding carboxylic acids is 4. The van der Waals surface area contributed by atoms with Gasteiger partial charge in [0, 0.05) is 22.5 Å². The molecule has 0 aliphatic carbocycles. The van der Waals surface area contributed by atoms with Crippen LogP contribution in [0, 0.1) is 0 Å². The number of carbonyl (C=O) groups is 4. The SMILES string of the molecule is C=CC(=O)Nc1ccc(C(=O)Oc2ccc3cc(/C=C\c4ccc(OC)cc4)ccc3c2-c2c(OC(=O)c3ccc(NC(=O)C=C)cc3)ccc3cc(/C=C\c4ccc(OC)cc4)ccc23)cc1. The smallest absolute Gasteiger partial charge is 0.343 e. The van der Waals surface area contributed by atoms with E-state index in [1.165, 1.54) is 0 Å². The van der Waals surface area contributed by atoms with E-state index >= 15 is 0 Å². The van der Waals surface area contributed by atoms with Crippen LogP contribution in [0.2, 0.25) is 0 Å². The molecule has 0 aromatic heterocycles. The fraction of sp³-hybridized carbons (Fsp3) is 0.0345. The third-order valence-corrected chi connectivity index (χ3v) is 11.0. The summed E-state index contributed by atoms with van der Waals surface area (Å²) in [6.45, 7) is 6.99. The lowest BCUT2D eigenvalue weighted by Gasteiger charge is -2.19. The Hall–Kier alpha value is -9.28. The molecular weight excluding hydrogens is 853 g/mol. The summed E-state index contributed by atoms with van der Waals surface area (Å²) in [5.74, 6) is -0.134. The fourth-order valence-electron chi connectivity index (χ4n) is 7.45. The molecule has 0 unspecified atom stereocenters. The molecule has 2 N–H and O–H groups in total. The Bertz CT molecular complexity index is 3060. The van der Waals surface area contributed by atoms with E-state index in [9.17, 15) is 19.2 Å². The number of ether oxygens (including phenoxy) is 4. The van der Waals surface area contributed by atoms with Crippen LogP contribution in [-0.4, -0.2) is 38.0 Å². The highest BCUT2D eigenvalue weighted by Gasteiger charge is 2.24. The van der Waals surface area contributed by atoms with E-state index in [1.54, 1.807) is 74.9 Å². The molecule has 0 aliphatic rings. The van der Waals surface area contributed by atoms with Gasteiger partial charge in [0.05, 0.1) is 25.3 Å². The van der Waals surface area contributed by atoms with Crippen molar-refractivity contribution in [2.45, 2.75) is 0 Å². The predicted molar refractivity (Wildman–Crippen MR) is 271 cm³/mol. The van der Waals surface area contributed by atoms with Crippen LogP contribution in [0.1, 0.15) is 43.0 Å². The first kappa shape index (κ1) is 45.3. The molecule has 0 radical (unpaired) electrons. The molecule has 8 aromatic rings. The molecule has 8 aromatic carbocycles. The average molecular weight is 897 g/mol. The van der Waals surface area contributed by atoms with E-state index in [0.717, 1.165) is 67.4 Å². The molecule has 2 amide bonds. The van der Waals surface area contributed by atoms with Crippen LogP contribution in [0.3, 0.4) is 0 Å². The fourth-order valence-corrected chi connectivity index (χ4v) is 7.45. The number of fused-ring (bicyclic) bond motifs is 2. The van der Waals surface area contributed by atoms with Crippen molar-refractivity contribution in [1.82, 2.24) is 0 Å². The number of benzene rings is 8. The molecule has 0 saturated heterocycles. The van der Waals surface area contributed by atoms with E-state index < -0.39 is 11.9 Å². The van der Waals surface area contributed by atoms with Crippen LogP contribution in [0.25, 0.3) is 57.0 Å². The Morgan fingerprint density at radius 2 is 0.779 bits per heavy atom. The normalized spacial score (nSPS) is 11.0. The first-order valence-corrected chi connectivity index (χ1v) is 21.4. The lowest BCUT2D eigenvalue weighted by Crippen LogP contribution is -2.12. The zero-order valence-electron chi connectivity index (χ0n) is 37.2. The minimum Gasteiger partial charge on any atom is -0.497 e. The first-order valence-electron chi connectivity index (χ1n) is 21.4. The van der Waals surface area contributed by atoms with Crippen molar-refractivity contribution < 1.29 is 38.1 Å². The van der Waals surface area contributed by atoms with Crippen LogP contribution < -0.4 is 29.6 Å².